The van der Waals surface area contributed by atoms with E-state index in [-0.39, 0.29) is 5.56 Å². The van der Waals surface area contributed by atoms with E-state index in [2.05, 4.69) is 40.6 Å². The number of benzene rings is 1. The van der Waals surface area contributed by atoms with Crippen LogP contribution in [0, 0.1) is 20.8 Å². The van der Waals surface area contributed by atoms with Gasteiger partial charge in [0.05, 0.1) is 5.56 Å². The Balaban J connectivity index is 2.64. The minimum absolute atomic E-state index is 0.123. The summed E-state index contributed by atoms with van der Waals surface area (Å²) in [7, 11) is 0. The Labute approximate surface area is 144 Å². The van der Waals surface area contributed by atoms with Gasteiger partial charge in [-0.15, -0.1) is 0 Å². The molecule has 1 aromatic carbocycles. The number of ether oxygens (including phenoxy) is 1. The van der Waals surface area contributed by atoms with Crippen LogP contribution in [0.1, 0.15) is 34.9 Å². The summed E-state index contributed by atoms with van der Waals surface area (Å²) in [5.74, 6) is 1.42. The maximum absolute atomic E-state index is 12.3. The predicted molar refractivity (Wildman–Crippen MR) is 100 cm³/mol. The third-order valence-corrected chi connectivity index (χ3v) is 3.87. The van der Waals surface area contributed by atoms with Gasteiger partial charge in [0.15, 0.2) is 0 Å². The third kappa shape index (κ3) is 3.61. The molecule has 0 atom stereocenters. The lowest BCUT2D eigenvalue weighted by Crippen LogP contribution is -2.15. The second-order valence-corrected chi connectivity index (χ2v) is 6.09. The molecule has 4 heteroatoms. The number of nitrogens with one attached hydrogen (secondary N) is 1. The summed E-state index contributed by atoms with van der Waals surface area (Å²) in [6.07, 6.45) is 2.58. The van der Waals surface area contributed by atoms with E-state index in [1.165, 1.54) is 0 Å². The van der Waals surface area contributed by atoms with Crippen LogP contribution in [-0.4, -0.2) is 4.98 Å². The Morgan fingerprint density at radius 3 is 2.36 bits per heavy atom. The van der Waals surface area contributed by atoms with Gasteiger partial charge < -0.3 is 9.72 Å². The average Bonchev–Trinajstić information content (AvgIpc) is 2.42. The highest BCUT2D eigenvalue weighted by Gasteiger charge is 2.15. The van der Waals surface area contributed by atoms with Crippen molar-refractivity contribution in [1.82, 2.24) is 4.98 Å². The van der Waals surface area contributed by atoms with Gasteiger partial charge in [-0.25, -0.2) is 0 Å². The molecular formula is C18H20INO2. The van der Waals surface area contributed by atoms with Crippen LogP contribution in [0.3, 0.4) is 0 Å². The van der Waals surface area contributed by atoms with Crippen LogP contribution in [0.4, 0.5) is 0 Å². The largest absolute Gasteiger partial charge is 0.456 e. The lowest BCUT2D eigenvalue weighted by Gasteiger charge is -2.15. The number of H-pyrrole nitrogens is 1. The van der Waals surface area contributed by atoms with E-state index in [4.69, 9.17) is 4.74 Å². The Morgan fingerprint density at radius 1 is 1.18 bits per heavy atom. The van der Waals surface area contributed by atoms with Gasteiger partial charge in [-0.05, 0) is 60.6 Å². The monoisotopic (exact) mass is 409 g/mol. The number of hydrogen-bond acceptors (Lipinski definition) is 2. The first-order valence-electron chi connectivity index (χ1n) is 7.25. The Bertz CT molecular complexity index is 755. The van der Waals surface area contributed by atoms with Crippen molar-refractivity contribution >= 4 is 28.7 Å². The summed E-state index contributed by atoms with van der Waals surface area (Å²) in [6.45, 7) is 8.04. The fourth-order valence-corrected chi connectivity index (χ4v) is 2.97. The molecular weight excluding hydrogens is 389 g/mol. The number of aromatic amines is 1. The van der Waals surface area contributed by atoms with Gasteiger partial charge in [0.25, 0.3) is 5.56 Å². The van der Waals surface area contributed by atoms with Crippen LogP contribution in [0.2, 0.25) is 0 Å². The van der Waals surface area contributed by atoms with Crippen molar-refractivity contribution in [3.05, 3.63) is 60.6 Å². The molecule has 0 aliphatic rings. The number of aromatic nitrogens is 1. The van der Waals surface area contributed by atoms with Gasteiger partial charge in [-0.1, -0.05) is 35.6 Å². The molecule has 0 amide bonds. The van der Waals surface area contributed by atoms with E-state index in [1.54, 1.807) is 6.08 Å². The van der Waals surface area contributed by atoms with Crippen LogP contribution in [0.15, 0.2) is 27.1 Å². The van der Waals surface area contributed by atoms with Crippen LogP contribution in [0.5, 0.6) is 11.5 Å². The average molecular weight is 409 g/mol. The molecule has 2 rings (SSSR count). The molecule has 0 radical (unpaired) electrons. The van der Waals surface area contributed by atoms with Gasteiger partial charge in [-0.3, -0.25) is 4.79 Å². The van der Waals surface area contributed by atoms with E-state index in [0.717, 1.165) is 34.6 Å². The fraction of sp³-hybridized carbons (Fsp3) is 0.278. The molecule has 1 heterocycles. The number of rotatable bonds is 4. The van der Waals surface area contributed by atoms with Crippen LogP contribution in [0.25, 0.3) is 6.08 Å². The molecule has 0 aliphatic carbocycles. The van der Waals surface area contributed by atoms with Crippen molar-refractivity contribution in [1.29, 1.82) is 0 Å². The van der Waals surface area contributed by atoms with Crippen molar-refractivity contribution in [3.8, 4) is 11.5 Å². The molecule has 0 saturated heterocycles. The number of hydrogen-bond donors (Lipinski definition) is 1. The molecule has 0 fully saturated rings. The molecule has 1 N–H and O–H groups in total. The summed E-state index contributed by atoms with van der Waals surface area (Å²) in [5, 5.41) is 0. The quantitative estimate of drug-likeness (QED) is 0.718. The Hall–Kier alpha value is -1.56. The normalized spacial score (nSPS) is 11.1. The first-order valence-corrected chi connectivity index (χ1v) is 8.49. The van der Waals surface area contributed by atoms with Crippen molar-refractivity contribution in [2.75, 3.05) is 0 Å². The SMILES string of the molecule is CCc1c(C)[nH]c(=O)c(/C=C/I)c1Oc1cc(C)cc(C)c1. The minimum Gasteiger partial charge on any atom is -0.456 e. The zero-order valence-electron chi connectivity index (χ0n) is 13.3. The molecule has 0 unspecified atom stereocenters. The molecule has 3 nitrogen and oxygen atoms in total. The van der Waals surface area contributed by atoms with Gasteiger partial charge in [0.2, 0.25) is 0 Å². The first-order chi connectivity index (χ1) is 10.5. The van der Waals surface area contributed by atoms with Gasteiger partial charge in [0, 0.05) is 11.3 Å². The molecule has 0 aliphatic heterocycles. The minimum atomic E-state index is -0.123. The van der Waals surface area contributed by atoms with E-state index in [9.17, 15) is 4.79 Å². The highest BCUT2D eigenvalue weighted by atomic mass is 127. The summed E-state index contributed by atoms with van der Waals surface area (Å²) in [5.41, 5.74) is 4.61. The van der Waals surface area contributed by atoms with Crippen LogP contribution >= 0.6 is 22.6 Å². The lowest BCUT2D eigenvalue weighted by molar-refractivity contribution is 0.472. The van der Waals surface area contributed by atoms with E-state index in [0.29, 0.717) is 11.3 Å². The summed E-state index contributed by atoms with van der Waals surface area (Å²) < 4.78 is 7.96. The van der Waals surface area contributed by atoms with Crippen molar-refractivity contribution in [2.24, 2.45) is 0 Å². The molecule has 22 heavy (non-hydrogen) atoms. The van der Waals surface area contributed by atoms with Gasteiger partial charge in [0.1, 0.15) is 11.5 Å². The number of aryl methyl sites for hydroxylation is 3. The zero-order chi connectivity index (χ0) is 16.3. The highest BCUT2D eigenvalue weighted by molar-refractivity contribution is 14.1. The standard InChI is InChI=1S/C18H20INO2/c1-5-15-13(4)20-18(21)16(6-7-19)17(15)22-14-9-11(2)8-12(3)10-14/h6-10H,5H2,1-4H3,(H,20,21)/b7-6+. The summed E-state index contributed by atoms with van der Waals surface area (Å²) >= 11 is 2.11. The molecule has 116 valence electrons. The maximum Gasteiger partial charge on any atom is 0.259 e. The molecule has 2 aromatic rings. The van der Waals surface area contributed by atoms with E-state index in [1.807, 2.05) is 37.0 Å². The van der Waals surface area contributed by atoms with E-state index < -0.39 is 0 Å². The highest BCUT2D eigenvalue weighted by Crippen LogP contribution is 2.31. The molecule has 0 bridgehead atoms. The van der Waals surface area contributed by atoms with Crippen molar-refractivity contribution in [3.63, 3.8) is 0 Å². The summed E-state index contributed by atoms with van der Waals surface area (Å²) in [4.78, 5) is 15.2. The topological polar surface area (TPSA) is 42.1 Å². The number of halogens is 1. The maximum atomic E-state index is 12.3. The van der Waals surface area contributed by atoms with Crippen molar-refractivity contribution in [2.45, 2.75) is 34.1 Å². The van der Waals surface area contributed by atoms with Gasteiger partial charge in [-0.2, -0.15) is 0 Å². The van der Waals surface area contributed by atoms with Crippen LogP contribution < -0.4 is 10.3 Å². The predicted octanol–water partition coefficient (Wildman–Crippen LogP) is 5.06. The second-order valence-electron chi connectivity index (χ2n) is 5.37. The zero-order valence-corrected chi connectivity index (χ0v) is 15.4. The molecule has 0 spiro atoms. The van der Waals surface area contributed by atoms with E-state index >= 15 is 0 Å². The smallest absolute Gasteiger partial charge is 0.259 e. The number of pyridine rings is 1. The van der Waals surface area contributed by atoms with Gasteiger partial charge >= 0.3 is 0 Å². The first kappa shape index (κ1) is 16.8. The van der Waals surface area contributed by atoms with Crippen LogP contribution in [-0.2, 0) is 6.42 Å². The Morgan fingerprint density at radius 2 is 1.82 bits per heavy atom. The lowest BCUT2D eigenvalue weighted by atomic mass is 10.1. The fourth-order valence-electron chi connectivity index (χ4n) is 2.62. The summed E-state index contributed by atoms with van der Waals surface area (Å²) in [6, 6.07) is 6.07. The van der Waals surface area contributed by atoms with Crippen molar-refractivity contribution < 1.29 is 4.74 Å². The second kappa shape index (κ2) is 7.13. The Kier molecular flexibility index (Phi) is 5.45. The molecule has 1 aromatic heterocycles. The molecule has 0 saturated carbocycles. The third-order valence-electron chi connectivity index (χ3n) is 3.52.